The number of hydrogen-bond acceptors (Lipinski definition) is 5. The molecule has 1 N–H and O–H groups in total. The maximum atomic E-state index is 13.6. The molecule has 0 aromatic heterocycles. The van der Waals surface area contributed by atoms with Crippen molar-refractivity contribution in [3.05, 3.63) is 101 Å². The molecule has 3 aromatic carbocycles. The molecule has 198 valence electrons. The Morgan fingerprint density at radius 3 is 2.26 bits per heavy atom. The summed E-state index contributed by atoms with van der Waals surface area (Å²) in [6, 6.07) is 19.8. The number of hydrogen-bond donors (Lipinski definition) is 1. The molecule has 0 bridgehead atoms. The molecule has 8 nitrogen and oxygen atoms in total. The highest BCUT2D eigenvalue weighted by atomic mass is 32.2. The van der Waals surface area contributed by atoms with E-state index in [1.165, 1.54) is 47.4 Å². The minimum atomic E-state index is -4.08. The van der Waals surface area contributed by atoms with E-state index in [1.807, 2.05) is 30.3 Å². The van der Waals surface area contributed by atoms with Gasteiger partial charge >= 0.3 is 0 Å². The summed E-state index contributed by atoms with van der Waals surface area (Å²) >= 11 is 0. The van der Waals surface area contributed by atoms with Gasteiger partial charge in [-0.2, -0.15) is 0 Å². The predicted octanol–water partition coefficient (Wildman–Crippen LogP) is 3.14. The Kier molecular flexibility index (Phi) is 8.21. The van der Waals surface area contributed by atoms with Crippen LogP contribution in [0.3, 0.4) is 0 Å². The van der Waals surface area contributed by atoms with E-state index in [9.17, 15) is 27.2 Å². The number of amides is 3. The Morgan fingerprint density at radius 2 is 1.61 bits per heavy atom. The number of benzene rings is 3. The summed E-state index contributed by atoms with van der Waals surface area (Å²) in [5, 5.41) is 2.77. The first-order valence-electron chi connectivity index (χ1n) is 12.2. The number of nitrogens with zero attached hydrogens (tertiary/aromatic N) is 2. The maximum absolute atomic E-state index is 13.6. The summed E-state index contributed by atoms with van der Waals surface area (Å²) in [5.74, 6) is -2.01. The van der Waals surface area contributed by atoms with E-state index in [-0.39, 0.29) is 42.3 Å². The van der Waals surface area contributed by atoms with Crippen molar-refractivity contribution in [3.8, 4) is 0 Å². The molecule has 0 aliphatic carbocycles. The Bertz CT molecular complexity index is 1430. The number of halogens is 1. The van der Waals surface area contributed by atoms with Crippen LogP contribution in [0.2, 0.25) is 0 Å². The smallest absolute Gasteiger partial charge is 0.269 e. The van der Waals surface area contributed by atoms with Crippen LogP contribution in [0.1, 0.15) is 34.8 Å². The molecule has 0 saturated carbocycles. The largest absolute Gasteiger partial charge is 0.355 e. The minimum absolute atomic E-state index is 0.00529. The molecule has 4 rings (SSSR count). The number of carbonyl (C=O) groups is 3. The lowest BCUT2D eigenvalue weighted by molar-refractivity contribution is -0.141. The fourth-order valence-electron chi connectivity index (χ4n) is 4.43. The molecule has 3 aromatic rings. The lowest BCUT2D eigenvalue weighted by atomic mass is 10.0. The highest BCUT2D eigenvalue weighted by Crippen LogP contribution is 2.30. The van der Waals surface area contributed by atoms with Gasteiger partial charge in [-0.15, -0.1) is 0 Å². The van der Waals surface area contributed by atoms with E-state index >= 15 is 0 Å². The quantitative estimate of drug-likeness (QED) is 0.428. The Morgan fingerprint density at radius 1 is 0.947 bits per heavy atom. The minimum Gasteiger partial charge on any atom is -0.355 e. The maximum Gasteiger partial charge on any atom is 0.269 e. The summed E-state index contributed by atoms with van der Waals surface area (Å²) in [4.78, 5) is 40.9. The third kappa shape index (κ3) is 5.75. The van der Waals surface area contributed by atoms with E-state index in [0.717, 1.165) is 5.56 Å². The highest BCUT2D eigenvalue weighted by molar-refractivity contribution is 7.90. The van der Waals surface area contributed by atoms with Crippen molar-refractivity contribution in [2.75, 3.05) is 13.1 Å². The molecule has 0 fully saturated rings. The second kappa shape index (κ2) is 11.6. The molecule has 1 heterocycles. The van der Waals surface area contributed by atoms with E-state index in [1.54, 1.807) is 13.0 Å². The average Bonchev–Trinajstić information content (AvgIpc) is 3.11. The summed E-state index contributed by atoms with van der Waals surface area (Å²) in [5.41, 5.74) is 1.49. The fourth-order valence-corrected chi connectivity index (χ4v) is 6.00. The number of nitrogens with one attached hydrogen (secondary N) is 1. The summed E-state index contributed by atoms with van der Waals surface area (Å²) in [6.45, 7) is 1.74. The van der Waals surface area contributed by atoms with Crippen molar-refractivity contribution in [1.29, 1.82) is 0 Å². The molecule has 0 radical (unpaired) electrons. The van der Waals surface area contributed by atoms with Gasteiger partial charge < -0.3 is 10.2 Å². The SMILES string of the molecule is CCNC(=O)[C@@H](Cc1ccccc1)N(Cc1ccc(F)cc1)C(=O)CCN1C(=O)c2ccccc2S1(=O)=O. The molecule has 0 unspecified atom stereocenters. The molecule has 38 heavy (non-hydrogen) atoms. The number of rotatable bonds is 10. The molecule has 0 spiro atoms. The molecular formula is C28H28FN3O5S. The molecule has 10 heteroatoms. The van der Waals surface area contributed by atoms with Crippen molar-refractivity contribution >= 4 is 27.7 Å². The number of fused-ring (bicyclic) bond motifs is 1. The number of carbonyl (C=O) groups excluding carboxylic acids is 3. The first-order valence-corrected chi connectivity index (χ1v) is 13.7. The summed E-state index contributed by atoms with van der Waals surface area (Å²) in [6.07, 6.45) is -0.114. The molecule has 3 amide bonds. The zero-order chi connectivity index (χ0) is 27.3. The van der Waals surface area contributed by atoms with Gasteiger partial charge in [-0.1, -0.05) is 54.6 Å². The first kappa shape index (κ1) is 27.0. The van der Waals surface area contributed by atoms with Gasteiger partial charge in [0.2, 0.25) is 11.8 Å². The zero-order valence-corrected chi connectivity index (χ0v) is 21.7. The molecular weight excluding hydrogens is 509 g/mol. The molecule has 0 saturated heterocycles. The second-order valence-electron chi connectivity index (χ2n) is 8.88. The Balaban J connectivity index is 1.62. The zero-order valence-electron chi connectivity index (χ0n) is 20.8. The van der Waals surface area contributed by atoms with Gasteiger partial charge in [0.1, 0.15) is 16.8 Å². The van der Waals surface area contributed by atoms with Gasteiger partial charge in [-0.3, -0.25) is 14.4 Å². The fraction of sp³-hybridized carbons (Fsp3) is 0.250. The van der Waals surface area contributed by atoms with Gasteiger partial charge in [-0.25, -0.2) is 17.1 Å². The number of sulfonamides is 1. The van der Waals surface area contributed by atoms with Crippen molar-refractivity contribution in [2.45, 2.75) is 37.2 Å². The molecule has 1 atom stereocenters. The van der Waals surface area contributed by atoms with Crippen LogP contribution in [-0.4, -0.2) is 54.5 Å². The van der Waals surface area contributed by atoms with Crippen LogP contribution in [0.15, 0.2) is 83.8 Å². The molecule has 1 aliphatic heterocycles. The van der Waals surface area contributed by atoms with Crippen molar-refractivity contribution < 1.29 is 27.2 Å². The van der Waals surface area contributed by atoms with Crippen LogP contribution in [0.5, 0.6) is 0 Å². The van der Waals surface area contributed by atoms with Crippen molar-refractivity contribution in [2.24, 2.45) is 0 Å². The van der Waals surface area contributed by atoms with Crippen LogP contribution >= 0.6 is 0 Å². The highest BCUT2D eigenvalue weighted by Gasteiger charge is 2.41. The lowest BCUT2D eigenvalue weighted by Crippen LogP contribution is -2.51. The van der Waals surface area contributed by atoms with Gasteiger partial charge in [0.15, 0.2) is 0 Å². The van der Waals surface area contributed by atoms with Crippen LogP contribution in [0.4, 0.5) is 4.39 Å². The first-order chi connectivity index (χ1) is 18.2. The molecule has 1 aliphatic rings. The van der Waals surface area contributed by atoms with Gasteiger partial charge in [-0.05, 0) is 42.3 Å². The van der Waals surface area contributed by atoms with E-state index in [4.69, 9.17) is 0 Å². The van der Waals surface area contributed by atoms with Gasteiger partial charge in [0.05, 0.1) is 5.56 Å². The lowest BCUT2D eigenvalue weighted by Gasteiger charge is -2.32. The van der Waals surface area contributed by atoms with Gasteiger partial charge in [0, 0.05) is 32.5 Å². The monoisotopic (exact) mass is 537 g/mol. The average molecular weight is 538 g/mol. The normalized spacial score (nSPS) is 14.6. The topological polar surface area (TPSA) is 104 Å². The number of likely N-dealkylation sites (N-methyl/N-ethyl adjacent to an activating group) is 1. The third-order valence-electron chi connectivity index (χ3n) is 6.33. The van der Waals surface area contributed by atoms with E-state index in [2.05, 4.69) is 5.32 Å². The van der Waals surface area contributed by atoms with E-state index < -0.39 is 33.7 Å². The summed E-state index contributed by atoms with van der Waals surface area (Å²) < 4.78 is 40.1. The second-order valence-corrected chi connectivity index (χ2v) is 10.7. The third-order valence-corrected chi connectivity index (χ3v) is 8.17. The van der Waals surface area contributed by atoms with Crippen LogP contribution in [-0.2, 0) is 32.6 Å². The van der Waals surface area contributed by atoms with Crippen LogP contribution in [0, 0.1) is 5.82 Å². The van der Waals surface area contributed by atoms with E-state index in [0.29, 0.717) is 16.4 Å². The van der Waals surface area contributed by atoms with Crippen molar-refractivity contribution in [3.63, 3.8) is 0 Å². The summed E-state index contributed by atoms with van der Waals surface area (Å²) in [7, 11) is -4.08. The van der Waals surface area contributed by atoms with Crippen LogP contribution < -0.4 is 5.32 Å². The predicted molar refractivity (Wildman–Crippen MR) is 139 cm³/mol. The van der Waals surface area contributed by atoms with Crippen molar-refractivity contribution in [1.82, 2.24) is 14.5 Å². The Hall–Kier alpha value is -4.05. The Labute approximate surface area is 221 Å². The standard InChI is InChI=1S/C28H28FN3O5S/c1-2-30-27(34)24(18-20-8-4-3-5-9-20)31(19-21-12-14-22(29)15-13-21)26(33)16-17-32-28(35)23-10-6-7-11-25(23)38(32,36)37/h3-15,24H,2,16-19H2,1H3,(H,30,34)/t24-/m1/s1. The van der Waals surface area contributed by atoms with Crippen LogP contribution in [0.25, 0.3) is 0 Å². The van der Waals surface area contributed by atoms with Gasteiger partial charge in [0.25, 0.3) is 15.9 Å².